The smallest absolute Gasteiger partial charge is 0.122 e. The topological polar surface area (TPSA) is 38.5 Å². The van der Waals surface area contributed by atoms with Crippen LogP contribution in [0.25, 0.3) is 0 Å². The van der Waals surface area contributed by atoms with Crippen LogP contribution in [0.3, 0.4) is 0 Å². The van der Waals surface area contributed by atoms with E-state index in [-0.39, 0.29) is 6.04 Å². The van der Waals surface area contributed by atoms with Crippen molar-refractivity contribution >= 4 is 0 Å². The molecular formula is C18H32N2O. The highest BCUT2D eigenvalue weighted by molar-refractivity contribution is 5.33. The number of nitrogens with zero attached hydrogens (tertiary/aromatic N) is 1. The van der Waals surface area contributed by atoms with E-state index in [4.69, 9.17) is 10.5 Å². The van der Waals surface area contributed by atoms with E-state index < -0.39 is 0 Å². The molecule has 0 fully saturated rings. The molecule has 0 spiro atoms. The molecule has 0 saturated carbocycles. The van der Waals surface area contributed by atoms with Gasteiger partial charge in [0.15, 0.2) is 0 Å². The van der Waals surface area contributed by atoms with Crippen LogP contribution in [-0.2, 0) is 6.42 Å². The number of hydrogen-bond donors (Lipinski definition) is 1. The van der Waals surface area contributed by atoms with E-state index in [0.717, 1.165) is 31.4 Å². The van der Waals surface area contributed by atoms with Gasteiger partial charge in [-0.05, 0) is 44.9 Å². The molecule has 3 nitrogen and oxygen atoms in total. The Bertz CT molecular complexity index is 408. The Labute approximate surface area is 130 Å². The fourth-order valence-electron chi connectivity index (χ4n) is 3.08. The Morgan fingerprint density at radius 1 is 1.24 bits per heavy atom. The quantitative estimate of drug-likeness (QED) is 0.757. The highest BCUT2D eigenvalue weighted by Crippen LogP contribution is 2.22. The molecule has 0 aliphatic rings. The SMILES string of the molecule is CCCC(N)C(CC)N(C)C(C)Cc1ccccc1OC. The highest BCUT2D eigenvalue weighted by atomic mass is 16.5. The van der Waals surface area contributed by atoms with Crippen LogP contribution < -0.4 is 10.5 Å². The minimum atomic E-state index is 0.255. The molecule has 0 heterocycles. The van der Waals surface area contributed by atoms with Gasteiger partial charge in [0.25, 0.3) is 0 Å². The third-order valence-corrected chi connectivity index (χ3v) is 4.46. The molecular weight excluding hydrogens is 260 g/mol. The van der Waals surface area contributed by atoms with Crippen molar-refractivity contribution in [1.29, 1.82) is 0 Å². The van der Waals surface area contributed by atoms with Gasteiger partial charge in [-0.15, -0.1) is 0 Å². The van der Waals surface area contributed by atoms with E-state index in [2.05, 4.69) is 44.9 Å². The van der Waals surface area contributed by atoms with E-state index in [1.807, 2.05) is 12.1 Å². The number of rotatable bonds is 9. The first-order valence-corrected chi connectivity index (χ1v) is 8.14. The molecule has 3 heteroatoms. The Hall–Kier alpha value is -1.06. The molecule has 0 aliphatic carbocycles. The lowest BCUT2D eigenvalue weighted by Gasteiger charge is -2.36. The zero-order valence-corrected chi connectivity index (χ0v) is 14.3. The van der Waals surface area contributed by atoms with E-state index in [0.29, 0.717) is 12.1 Å². The van der Waals surface area contributed by atoms with Crippen LogP contribution in [-0.4, -0.2) is 37.2 Å². The van der Waals surface area contributed by atoms with Crippen molar-refractivity contribution in [1.82, 2.24) is 4.90 Å². The molecule has 21 heavy (non-hydrogen) atoms. The van der Waals surface area contributed by atoms with Crippen LogP contribution in [0.15, 0.2) is 24.3 Å². The standard InChI is InChI=1S/C18H32N2O/c1-6-10-16(19)17(7-2)20(4)14(3)13-15-11-8-9-12-18(15)21-5/h8-9,11-12,14,16-17H,6-7,10,13,19H2,1-5H3. The molecule has 0 saturated heterocycles. The number of nitrogens with two attached hydrogens (primary N) is 1. The minimum Gasteiger partial charge on any atom is -0.496 e. The fourth-order valence-corrected chi connectivity index (χ4v) is 3.08. The first-order valence-electron chi connectivity index (χ1n) is 8.14. The summed E-state index contributed by atoms with van der Waals surface area (Å²) in [6, 6.07) is 9.40. The summed E-state index contributed by atoms with van der Waals surface area (Å²) in [5, 5.41) is 0. The van der Waals surface area contributed by atoms with Crippen molar-refractivity contribution in [2.24, 2.45) is 5.73 Å². The second-order valence-corrected chi connectivity index (χ2v) is 5.96. The molecule has 0 aromatic heterocycles. The molecule has 3 atom stereocenters. The fraction of sp³-hybridized carbons (Fsp3) is 0.667. The zero-order valence-electron chi connectivity index (χ0n) is 14.3. The summed E-state index contributed by atoms with van der Waals surface area (Å²) >= 11 is 0. The maximum absolute atomic E-state index is 6.36. The molecule has 0 aliphatic heterocycles. The van der Waals surface area contributed by atoms with Crippen LogP contribution in [0.1, 0.15) is 45.6 Å². The van der Waals surface area contributed by atoms with Gasteiger partial charge in [0.05, 0.1) is 7.11 Å². The van der Waals surface area contributed by atoms with Gasteiger partial charge in [-0.2, -0.15) is 0 Å². The van der Waals surface area contributed by atoms with Gasteiger partial charge in [-0.25, -0.2) is 0 Å². The van der Waals surface area contributed by atoms with Crippen molar-refractivity contribution in [3.8, 4) is 5.75 Å². The molecule has 1 rings (SSSR count). The number of methoxy groups -OCH3 is 1. The van der Waals surface area contributed by atoms with Gasteiger partial charge in [-0.1, -0.05) is 38.5 Å². The van der Waals surface area contributed by atoms with Crippen molar-refractivity contribution in [2.75, 3.05) is 14.2 Å². The van der Waals surface area contributed by atoms with Crippen LogP contribution in [0, 0.1) is 0 Å². The summed E-state index contributed by atoms with van der Waals surface area (Å²) in [5.74, 6) is 0.976. The lowest BCUT2D eigenvalue weighted by Crippen LogP contribution is -2.49. The predicted molar refractivity (Wildman–Crippen MR) is 90.9 cm³/mol. The van der Waals surface area contributed by atoms with Gasteiger partial charge in [-0.3, -0.25) is 4.90 Å². The summed E-state index contributed by atoms with van der Waals surface area (Å²) in [4.78, 5) is 2.44. The third kappa shape index (κ3) is 5.01. The van der Waals surface area contributed by atoms with E-state index in [1.54, 1.807) is 7.11 Å². The molecule has 0 bridgehead atoms. The molecule has 1 aromatic rings. The van der Waals surface area contributed by atoms with Crippen molar-refractivity contribution in [3.05, 3.63) is 29.8 Å². The lowest BCUT2D eigenvalue weighted by atomic mass is 9.97. The van der Waals surface area contributed by atoms with E-state index in [9.17, 15) is 0 Å². The number of ether oxygens (including phenoxy) is 1. The van der Waals surface area contributed by atoms with Crippen molar-refractivity contribution < 1.29 is 4.74 Å². The first kappa shape index (κ1) is 18.0. The summed E-state index contributed by atoms with van der Waals surface area (Å²) < 4.78 is 5.46. The molecule has 0 radical (unpaired) electrons. The number of para-hydroxylation sites is 1. The lowest BCUT2D eigenvalue weighted by molar-refractivity contribution is 0.150. The molecule has 120 valence electrons. The van der Waals surface area contributed by atoms with Crippen molar-refractivity contribution in [3.63, 3.8) is 0 Å². The third-order valence-electron chi connectivity index (χ3n) is 4.46. The maximum Gasteiger partial charge on any atom is 0.122 e. The average Bonchev–Trinajstić information content (AvgIpc) is 2.48. The van der Waals surface area contributed by atoms with E-state index in [1.165, 1.54) is 5.56 Å². The first-order chi connectivity index (χ1) is 10.0. The van der Waals surface area contributed by atoms with Gasteiger partial charge >= 0.3 is 0 Å². The monoisotopic (exact) mass is 292 g/mol. The second-order valence-electron chi connectivity index (χ2n) is 5.96. The second kappa shape index (κ2) is 9.06. The molecule has 3 unspecified atom stereocenters. The van der Waals surface area contributed by atoms with E-state index >= 15 is 0 Å². The summed E-state index contributed by atoms with van der Waals surface area (Å²) in [5.41, 5.74) is 7.62. The Balaban J connectivity index is 2.74. The zero-order chi connectivity index (χ0) is 15.8. The Morgan fingerprint density at radius 2 is 1.90 bits per heavy atom. The molecule has 1 aromatic carbocycles. The molecule has 0 amide bonds. The van der Waals surface area contributed by atoms with Gasteiger partial charge in [0.1, 0.15) is 5.75 Å². The number of hydrogen-bond acceptors (Lipinski definition) is 3. The Morgan fingerprint density at radius 3 is 2.48 bits per heavy atom. The van der Waals surface area contributed by atoms with Crippen LogP contribution >= 0.6 is 0 Å². The highest BCUT2D eigenvalue weighted by Gasteiger charge is 2.24. The van der Waals surface area contributed by atoms with Crippen LogP contribution in [0.4, 0.5) is 0 Å². The maximum atomic E-state index is 6.36. The van der Waals surface area contributed by atoms with Crippen molar-refractivity contribution in [2.45, 2.75) is 64.6 Å². The summed E-state index contributed by atoms with van der Waals surface area (Å²) in [6.45, 7) is 6.70. The van der Waals surface area contributed by atoms with Crippen LogP contribution in [0.5, 0.6) is 5.75 Å². The van der Waals surface area contributed by atoms with Gasteiger partial charge in [0, 0.05) is 18.1 Å². The normalized spacial score (nSPS) is 15.8. The summed E-state index contributed by atoms with van der Waals surface area (Å²) in [6.07, 6.45) is 4.31. The number of likely N-dealkylation sites (N-methyl/N-ethyl adjacent to an activating group) is 1. The van der Waals surface area contributed by atoms with Crippen LogP contribution in [0.2, 0.25) is 0 Å². The van der Waals surface area contributed by atoms with Gasteiger partial charge < -0.3 is 10.5 Å². The minimum absolute atomic E-state index is 0.255. The van der Waals surface area contributed by atoms with Gasteiger partial charge in [0.2, 0.25) is 0 Å². The molecule has 2 N–H and O–H groups in total. The average molecular weight is 292 g/mol. The largest absolute Gasteiger partial charge is 0.496 e. The Kier molecular flexibility index (Phi) is 7.76. The predicted octanol–water partition coefficient (Wildman–Crippen LogP) is 3.46. The number of benzene rings is 1. The summed E-state index contributed by atoms with van der Waals surface area (Å²) in [7, 11) is 3.93.